The Balaban J connectivity index is 1.40. The van der Waals surface area contributed by atoms with Gasteiger partial charge in [0.1, 0.15) is 0 Å². The first-order valence-electron chi connectivity index (χ1n) is 8.98. The molecule has 0 N–H and O–H groups in total. The predicted molar refractivity (Wildman–Crippen MR) is 98.1 cm³/mol. The molecule has 1 unspecified atom stereocenters. The van der Waals surface area contributed by atoms with Crippen molar-refractivity contribution in [3.63, 3.8) is 0 Å². The molecule has 2 amide bonds. The van der Waals surface area contributed by atoms with Crippen molar-refractivity contribution in [2.24, 2.45) is 5.41 Å². The van der Waals surface area contributed by atoms with E-state index in [9.17, 15) is 9.59 Å². The molecule has 0 aliphatic carbocycles. The maximum absolute atomic E-state index is 12.8. The van der Waals surface area contributed by atoms with Crippen LogP contribution >= 0.6 is 11.3 Å². The second-order valence-corrected chi connectivity index (χ2v) is 8.28. The molecule has 0 radical (unpaired) electrons. The van der Waals surface area contributed by atoms with Gasteiger partial charge in [-0.25, -0.2) is 4.98 Å². The molecule has 2 saturated heterocycles. The summed E-state index contributed by atoms with van der Waals surface area (Å²) in [4.78, 5) is 34.5. The number of carbonyl (C=O) groups excluding carboxylic acids is 2. The van der Waals surface area contributed by atoms with Crippen molar-refractivity contribution in [1.29, 1.82) is 0 Å². The van der Waals surface area contributed by atoms with E-state index in [4.69, 9.17) is 4.74 Å². The number of fused-ring (bicyclic) bond motifs is 1. The number of aromatic nitrogens is 2. The monoisotopic (exact) mass is 376 g/mol. The minimum atomic E-state index is -0.374. The normalized spacial score (nSPS) is 23.2. The fraction of sp³-hybridized carbons (Fsp3) is 0.611. The Morgan fingerprint density at radius 2 is 2.19 bits per heavy atom. The van der Waals surface area contributed by atoms with Crippen LogP contribution in [0.4, 0.5) is 0 Å². The molecule has 2 aromatic rings. The molecule has 2 aromatic heterocycles. The van der Waals surface area contributed by atoms with Gasteiger partial charge in [-0.3, -0.25) is 14.0 Å². The summed E-state index contributed by atoms with van der Waals surface area (Å²) in [5.74, 6) is 0.290. The molecule has 0 aromatic carbocycles. The summed E-state index contributed by atoms with van der Waals surface area (Å²) >= 11 is 1.56. The molecule has 2 fully saturated rings. The highest BCUT2D eigenvalue weighted by Crippen LogP contribution is 2.41. The van der Waals surface area contributed by atoms with Crippen LogP contribution in [0.15, 0.2) is 17.8 Å². The summed E-state index contributed by atoms with van der Waals surface area (Å²) < 4.78 is 7.47. The lowest BCUT2D eigenvalue weighted by molar-refractivity contribution is -0.158. The van der Waals surface area contributed by atoms with Gasteiger partial charge in [0.2, 0.25) is 11.8 Å². The van der Waals surface area contributed by atoms with Gasteiger partial charge in [-0.15, -0.1) is 11.3 Å². The highest BCUT2D eigenvalue weighted by molar-refractivity contribution is 7.15. The van der Waals surface area contributed by atoms with Crippen molar-refractivity contribution in [1.82, 2.24) is 19.2 Å². The molecule has 0 bridgehead atoms. The summed E-state index contributed by atoms with van der Waals surface area (Å²) in [5, 5.41) is 1.98. The number of likely N-dealkylation sites (N-methyl/N-ethyl adjacent to an activating group) is 1. The Hall–Kier alpha value is -1.93. The molecule has 4 heterocycles. The van der Waals surface area contributed by atoms with Crippen molar-refractivity contribution in [3.8, 4) is 0 Å². The fourth-order valence-corrected chi connectivity index (χ4v) is 4.99. The van der Waals surface area contributed by atoms with Crippen LogP contribution in [0.25, 0.3) is 4.96 Å². The molecule has 1 atom stereocenters. The Morgan fingerprint density at radius 1 is 1.42 bits per heavy atom. The zero-order chi connectivity index (χ0) is 18.3. The number of carbonyl (C=O) groups is 2. The van der Waals surface area contributed by atoms with E-state index in [-0.39, 0.29) is 23.3 Å². The lowest BCUT2D eigenvalue weighted by Gasteiger charge is -2.47. The number of thiazole rings is 1. The lowest BCUT2D eigenvalue weighted by Crippen LogP contribution is -2.57. The second kappa shape index (κ2) is 6.66. The van der Waals surface area contributed by atoms with Crippen molar-refractivity contribution in [2.45, 2.75) is 31.8 Å². The Morgan fingerprint density at radius 3 is 2.88 bits per heavy atom. The number of piperidine rings is 2. The van der Waals surface area contributed by atoms with E-state index in [1.54, 1.807) is 23.3 Å². The third-order valence-corrected chi connectivity index (χ3v) is 6.55. The summed E-state index contributed by atoms with van der Waals surface area (Å²) in [6, 6.07) is 0. The van der Waals surface area contributed by atoms with Gasteiger partial charge in [0, 0.05) is 51.6 Å². The van der Waals surface area contributed by atoms with Gasteiger partial charge < -0.3 is 14.5 Å². The summed E-state index contributed by atoms with van der Waals surface area (Å²) in [5.41, 5.74) is 0.427. The Labute approximate surface area is 156 Å². The van der Waals surface area contributed by atoms with E-state index >= 15 is 0 Å². The van der Waals surface area contributed by atoms with Crippen LogP contribution in [0.3, 0.4) is 0 Å². The van der Waals surface area contributed by atoms with Crippen molar-refractivity contribution < 1.29 is 14.3 Å². The van der Waals surface area contributed by atoms with Crippen LogP contribution in [-0.4, -0.2) is 70.9 Å². The van der Waals surface area contributed by atoms with E-state index in [1.807, 2.05) is 34.1 Å². The topological polar surface area (TPSA) is 67.2 Å². The van der Waals surface area contributed by atoms with Crippen LogP contribution in [0.1, 0.15) is 25.0 Å². The number of nitrogens with zero attached hydrogens (tertiary/aromatic N) is 4. The van der Waals surface area contributed by atoms with Crippen LogP contribution in [0.5, 0.6) is 0 Å². The molecule has 8 heteroatoms. The number of imidazole rings is 1. The molecule has 2 aliphatic heterocycles. The first kappa shape index (κ1) is 17.5. The fourth-order valence-electron chi connectivity index (χ4n) is 4.27. The molecule has 1 spiro atoms. The van der Waals surface area contributed by atoms with Gasteiger partial charge in [-0.2, -0.15) is 0 Å². The first-order valence-corrected chi connectivity index (χ1v) is 9.86. The number of methoxy groups -OCH3 is 1. The van der Waals surface area contributed by atoms with E-state index in [0.29, 0.717) is 38.9 Å². The van der Waals surface area contributed by atoms with Crippen molar-refractivity contribution in [2.75, 3.05) is 33.8 Å². The van der Waals surface area contributed by atoms with Gasteiger partial charge in [0.15, 0.2) is 4.96 Å². The van der Waals surface area contributed by atoms with E-state index in [0.717, 1.165) is 17.1 Å². The third kappa shape index (κ3) is 3.01. The Kier molecular flexibility index (Phi) is 4.48. The molecule has 0 saturated carbocycles. The first-order chi connectivity index (χ1) is 12.5. The van der Waals surface area contributed by atoms with Crippen LogP contribution < -0.4 is 0 Å². The average Bonchev–Trinajstić information content (AvgIpc) is 3.21. The molecule has 7 nitrogen and oxygen atoms in total. The summed E-state index contributed by atoms with van der Waals surface area (Å²) in [7, 11) is 3.55. The van der Waals surface area contributed by atoms with Gasteiger partial charge in [0.25, 0.3) is 0 Å². The summed E-state index contributed by atoms with van der Waals surface area (Å²) in [6.45, 7) is 1.89. The number of hydrogen-bond donors (Lipinski definition) is 0. The number of rotatable bonds is 3. The lowest BCUT2D eigenvalue weighted by atomic mass is 9.71. The van der Waals surface area contributed by atoms with E-state index < -0.39 is 0 Å². The SMILES string of the molecule is COC1CN(C)C(=O)C2(CCN(C(=O)Cc3cn4ccsc4n3)CC2)C1. The van der Waals surface area contributed by atoms with E-state index in [2.05, 4.69) is 4.98 Å². The third-order valence-electron chi connectivity index (χ3n) is 5.78. The van der Waals surface area contributed by atoms with Gasteiger partial charge in [-0.05, 0) is 19.3 Å². The average molecular weight is 376 g/mol. The van der Waals surface area contributed by atoms with Crippen LogP contribution in [0.2, 0.25) is 0 Å². The maximum Gasteiger partial charge on any atom is 0.228 e. The molecular weight excluding hydrogens is 352 g/mol. The highest BCUT2D eigenvalue weighted by atomic mass is 32.1. The molecular formula is C18H24N4O3S. The van der Waals surface area contributed by atoms with Gasteiger partial charge >= 0.3 is 0 Å². The molecule has 4 rings (SSSR count). The molecule has 2 aliphatic rings. The standard InChI is InChI=1S/C18H24N4O3S/c1-20-12-14(25-2)10-18(16(20)24)3-5-21(6-4-18)15(23)9-13-11-22-7-8-26-17(22)19-13/h7-8,11,14H,3-6,9-10,12H2,1-2H3. The second-order valence-electron chi connectivity index (χ2n) is 7.41. The van der Waals surface area contributed by atoms with Crippen molar-refractivity contribution in [3.05, 3.63) is 23.5 Å². The van der Waals surface area contributed by atoms with Gasteiger partial charge in [0.05, 0.1) is 23.6 Å². The minimum absolute atomic E-state index is 0.0819. The van der Waals surface area contributed by atoms with Gasteiger partial charge in [-0.1, -0.05) is 0 Å². The van der Waals surface area contributed by atoms with Crippen LogP contribution in [-0.2, 0) is 20.7 Å². The molecule has 26 heavy (non-hydrogen) atoms. The number of likely N-dealkylation sites (tertiary alicyclic amines) is 2. The Bertz CT molecular complexity index is 793. The quantitative estimate of drug-likeness (QED) is 0.813. The zero-order valence-corrected chi connectivity index (χ0v) is 16.0. The largest absolute Gasteiger partial charge is 0.380 e. The van der Waals surface area contributed by atoms with Crippen LogP contribution in [0, 0.1) is 5.41 Å². The van der Waals surface area contributed by atoms with Crippen molar-refractivity contribution >= 4 is 28.1 Å². The predicted octanol–water partition coefficient (Wildman–Crippen LogP) is 1.42. The molecule has 140 valence electrons. The zero-order valence-electron chi connectivity index (χ0n) is 15.2. The number of ether oxygens (including phenoxy) is 1. The number of hydrogen-bond acceptors (Lipinski definition) is 5. The van der Waals surface area contributed by atoms with E-state index in [1.165, 1.54) is 0 Å². The smallest absolute Gasteiger partial charge is 0.228 e. The summed E-state index contributed by atoms with van der Waals surface area (Å²) in [6.07, 6.45) is 6.43. The maximum atomic E-state index is 12.8. The highest BCUT2D eigenvalue weighted by Gasteiger charge is 2.48. The number of amides is 2. The minimum Gasteiger partial charge on any atom is -0.380 e.